The number of aromatic nitrogens is 5. The summed E-state index contributed by atoms with van der Waals surface area (Å²) in [5.41, 5.74) is 7.12. The predicted octanol–water partition coefficient (Wildman–Crippen LogP) is 10.4. The zero-order valence-corrected chi connectivity index (χ0v) is 25.6. The molecule has 0 aliphatic rings. The zero-order valence-electron chi connectivity index (χ0n) is 25.6. The van der Waals surface area contributed by atoms with E-state index in [1.165, 1.54) is 10.8 Å². The number of hydrogen-bond acceptors (Lipinski definition) is 5. The van der Waals surface area contributed by atoms with E-state index in [2.05, 4.69) is 113 Å². The van der Waals surface area contributed by atoms with Gasteiger partial charge in [-0.1, -0.05) is 103 Å². The SMILES string of the molecule is c1ccc(-c2nc(-c3ccc4ccccc4c3)nc(-c3cc(-n4c5ccccc5c5ccccc54)cc4oc5ncccc5c34)n2)cc1. The average molecular weight is 616 g/mol. The molecule has 0 saturated heterocycles. The van der Waals surface area contributed by atoms with Gasteiger partial charge in [-0.05, 0) is 47.2 Å². The fraction of sp³-hybridized carbons (Fsp3) is 0. The van der Waals surface area contributed by atoms with E-state index >= 15 is 0 Å². The Labute approximate surface area is 274 Å². The van der Waals surface area contributed by atoms with E-state index in [4.69, 9.17) is 19.4 Å². The summed E-state index contributed by atoms with van der Waals surface area (Å²) in [5, 5.41) is 6.48. The second kappa shape index (κ2) is 10.4. The second-order valence-corrected chi connectivity index (χ2v) is 11.9. The van der Waals surface area contributed by atoms with Crippen molar-refractivity contribution in [1.82, 2.24) is 24.5 Å². The van der Waals surface area contributed by atoms with Crippen molar-refractivity contribution in [2.45, 2.75) is 0 Å². The van der Waals surface area contributed by atoms with Gasteiger partial charge in [0.05, 0.1) is 16.7 Å². The van der Waals surface area contributed by atoms with Crippen LogP contribution < -0.4 is 0 Å². The number of hydrogen-bond donors (Lipinski definition) is 0. The molecule has 4 heterocycles. The molecule has 0 N–H and O–H groups in total. The van der Waals surface area contributed by atoms with Crippen LogP contribution in [0.4, 0.5) is 0 Å². The van der Waals surface area contributed by atoms with Crippen LogP contribution in [0, 0.1) is 0 Å². The number of fused-ring (bicyclic) bond motifs is 7. The summed E-state index contributed by atoms with van der Waals surface area (Å²) in [7, 11) is 0. The van der Waals surface area contributed by atoms with Gasteiger partial charge in [0.2, 0.25) is 5.71 Å². The number of pyridine rings is 1. The summed E-state index contributed by atoms with van der Waals surface area (Å²) >= 11 is 0. The van der Waals surface area contributed by atoms with E-state index < -0.39 is 0 Å². The van der Waals surface area contributed by atoms with Crippen LogP contribution in [0.5, 0.6) is 0 Å². The third-order valence-corrected chi connectivity index (χ3v) is 9.09. The van der Waals surface area contributed by atoms with Crippen LogP contribution in [-0.2, 0) is 0 Å². The first kappa shape index (κ1) is 26.5. The minimum Gasteiger partial charge on any atom is -0.438 e. The summed E-state index contributed by atoms with van der Waals surface area (Å²) in [6, 6.07) is 50.0. The third kappa shape index (κ3) is 4.13. The molecule has 0 radical (unpaired) electrons. The van der Waals surface area contributed by atoms with E-state index in [0.29, 0.717) is 28.8 Å². The van der Waals surface area contributed by atoms with Crippen molar-refractivity contribution >= 4 is 54.6 Å². The van der Waals surface area contributed by atoms with Crippen LogP contribution in [0.2, 0.25) is 0 Å². The number of nitrogens with zero attached hydrogens (tertiary/aromatic N) is 5. The highest BCUT2D eigenvalue weighted by Crippen LogP contribution is 2.40. The largest absolute Gasteiger partial charge is 0.438 e. The molecule has 6 nitrogen and oxygen atoms in total. The number of benzene rings is 6. The summed E-state index contributed by atoms with van der Waals surface area (Å²) in [6.07, 6.45) is 1.76. The van der Waals surface area contributed by atoms with Crippen LogP contribution in [0.3, 0.4) is 0 Å². The summed E-state index contributed by atoms with van der Waals surface area (Å²) in [5.74, 6) is 1.77. The highest BCUT2D eigenvalue weighted by Gasteiger charge is 2.21. The van der Waals surface area contributed by atoms with Crippen molar-refractivity contribution in [3.05, 3.63) is 152 Å². The Kier molecular flexibility index (Phi) is 5.77. The Morgan fingerprint density at radius 1 is 0.479 bits per heavy atom. The molecule has 0 saturated carbocycles. The molecule has 10 rings (SSSR count). The Hall–Kier alpha value is -6.66. The maximum absolute atomic E-state index is 6.46. The monoisotopic (exact) mass is 615 g/mol. The molecule has 0 atom stereocenters. The fourth-order valence-electron chi connectivity index (χ4n) is 6.90. The lowest BCUT2D eigenvalue weighted by molar-refractivity contribution is 0.654. The van der Waals surface area contributed by atoms with E-state index in [1.54, 1.807) is 6.20 Å². The highest BCUT2D eigenvalue weighted by molar-refractivity contribution is 6.13. The Morgan fingerprint density at radius 3 is 1.92 bits per heavy atom. The number of rotatable bonds is 4. The van der Waals surface area contributed by atoms with Gasteiger partial charge in [-0.25, -0.2) is 19.9 Å². The minimum absolute atomic E-state index is 0.561. The van der Waals surface area contributed by atoms with E-state index in [9.17, 15) is 0 Å². The first-order valence-corrected chi connectivity index (χ1v) is 15.9. The van der Waals surface area contributed by atoms with Crippen molar-refractivity contribution < 1.29 is 4.42 Å². The van der Waals surface area contributed by atoms with Crippen LogP contribution in [-0.4, -0.2) is 24.5 Å². The smallest absolute Gasteiger partial charge is 0.227 e. The van der Waals surface area contributed by atoms with Crippen molar-refractivity contribution in [3.8, 4) is 39.9 Å². The standard InChI is InChI=1S/C42H25N5O/c1-2-12-27(13-3-1)39-44-40(29-21-20-26-11-4-5-14-28(26)23-29)46-41(45-39)34-24-30(25-37-38(34)33-17-10-22-43-42(33)48-37)47-35-18-8-6-15-31(35)32-16-7-9-19-36(32)47/h1-25H. The molecule has 0 unspecified atom stereocenters. The Balaban J connectivity index is 1.30. The van der Waals surface area contributed by atoms with Gasteiger partial charge < -0.3 is 8.98 Å². The van der Waals surface area contributed by atoms with Gasteiger partial charge in [0.15, 0.2) is 17.5 Å². The van der Waals surface area contributed by atoms with Crippen LogP contribution in [0.1, 0.15) is 0 Å². The molecular weight excluding hydrogens is 590 g/mol. The summed E-state index contributed by atoms with van der Waals surface area (Å²) in [4.78, 5) is 20.0. The molecule has 10 aromatic rings. The van der Waals surface area contributed by atoms with Crippen molar-refractivity contribution in [2.75, 3.05) is 0 Å². The number of para-hydroxylation sites is 2. The third-order valence-electron chi connectivity index (χ3n) is 9.09. The lowest BCUT2D eigenvalue weighted by Gasteiger charge is -2.13. The normalized spacial score (nSPS) is 11.8. The average Bonchev–Trinajstić information content (AvgIpc) is 3.70. The van der Waals surface area contributed by atoms with Gasteiger partial charge in [-0.3, -0.25) is 0 Å². The predicted molar refractivity (Wildman–Crippen MR) is 193 cm³/mol. The fourth-order valence-corrected chi connectivity index (χ4v) is 6.90. The maximum Gasteiger partial charge on any atom is 0.227 e. The molecule has 0 aliphatic carbocycles. The number of furan rings is 1. The van der Waals surface area contributed by atoms with Crippen molar-refractivity contribution in [1.29, 1.82) is 0 Å². The minimum atomic E-state index is 0.561. The molecule has 0 spiro atoms. The van der Waals surface area contributed by atoms with E-state index in [1.807, 2.05) is 42.5 Å². The van der Waals surface area contributed by atoms with Gasteiger partial charge in [0, 0.05) is 50.5 Å². The molecule has 0 fully saturated rings. The van der Waals surface area contributed by atoms with Gasteiger partial charge in [0.1, 0.15) is 5.58 Å². The van der Waals surface area contributed by atoms with E-state index in [-0.39, 0.29) is 0 Å². The molecule has 4 aromatic heterocycles. The molecule has 6 heteroatoms. The molecule has 48 heavy (non-hydrogen) atoms. The molecule has 0 aliphatic heterocycles. The zero-order chi connectivity index (χ0) is 31.6. The molecule has 0 bridgehead atoms. The van der Waals surface area contributed by atoms with Crippen molar-refractivity contribution in [2.24, 2.45) is 0 Å². The van der Waals surface area contributed by atoms with Gasteiger partial charge in [-0.15, -0.1) is 0 Å². The van der Waals surface area contributed by atoms with Gasteiger partial charge in [0.25, 0.3) is 0 Å². The van der Waals surface area contributed by atoms with Crippen LogP contribution in [0.25, 0.3) is 94.5 Å². The quantitative estimate of drug-likeness (QED) is 0.197. The topological polar surface area (TPSA) is 69.6 Å². The van der Waals surface area contributed by atoms with Gasteiger partial charge >= 0.3 is 0 Å². The van der Waals surface area contributed by atoms with E-state index in [0.717, 1.165) is 55.0 Å². The summed E-state index contributed by atoms with van der Waals surface area (Å²) in [6.45, 7) is 0. The molecular formula is C42H25N5O. The lowest BCUT2D eigenvalue weighted by Crippen LogP contribution is -2.01. The van der Waals surface area contributed by atoms with Crippen LogP contribution >= 0.6 is 0 Å². The Morgan fingerprint density at radius 2 is 1.12 bits per heavy atom. The first-order chi connectivity index (χ1) is 23.8. The summed E-state index contributed by atoms with van der Waals surface area (Å²) < 4.78 is 8.75. The van der Waals surface area contributed by atoms with Crippen LogP contribution in [0.15, 0.2) is 156 Å². The maximum atomic E-state index is 6.46. The highest BCUT2D eigenvalue weighted by atomic mass is 16.3. The Bertz CT molecular complexity index is 2800. The molecule has 6 aromatic carbocycles. The molecule has 224 valence electrons. The van der Waals surface area contributed by atoms with Gasteiger partial charge in [-0.2, -0.15) is 0 Å². The second-order valence-electron chi connectivity index (χ2n) is 11.9. The first-order valence-electron chi connectivity index (χ1n) is 15.9. The lowest BCUT2D eigenvalue weighted by atomic mass is 10.0. The molecule has 0 amide bonds. The van der Waals surface area contributed by atoms with Crippen molar-refractivity contribution in [3.63, 3.8) is 0 Å².